The van der Waals surface area contributed by atoms with Crippen LogP contribution in [0.15, 0.2) is 124 Å². The molecule has 0 aliphatic heterocycles. The molecule has 0 fully saturated rings. The van der Waals surface area contributed by atoms with E-state index in [-0.39, 0.29) is 45.5 Å². The van der Waals surface area contributed by atoms with Crippen LogP contribution < -0.4 is 25.6 Å². The van der Waals surface area contributed by atoms with Crippen LogP contribution in [-0.4, -0.2) is 49.1 Å². The van der Waals surface area contributed by atoms with E-state index in [0.29, 0.717) is 29.2 Å². The van der Waals surface area contributed by atoms with Crippen LogP contribution in [-0.2, 0) is 32.2 Å². The normalized spacial score (nSPS) is 11.1. The molecule has 3 N–H and O–H groups in total. The van der Waals surface area contributed by atoms with Crippen molar-refractivity contribution in [3.05, 3.63) is 136 Å². The highest BCUT2D eigenvalue weighted by Crippen LogP contribution is 2.30. The number of sulfone groups is 1. The predicted octanol–water partition coefficient (Wildman–Crippen LogP) is 5.55. The number of hydrogen-bond donors (Lipinski definition) is 3. The van der Waals surface area contributed by atoms with Crippen LogP contribution in [0.2, 0.25) is 5.02 Å². The molecule has 2 heterocycles. The molecule has 0 aliphatic carbocycles. The fraction of sp³-hybridized carbons (Fsp3) is 0.111. The summed E-state index contributed by atoms with van der Waals surface area (Å²) in [7, 11) is -2.72. The van der Waals surface area contributed by atoms with Gasteiger partial charge < -0.3 is 30.6 Å². The number of benzene rings is 4. The van der Waals surface area contributed by atoms with Crippen molar-refractivity contribution in [2.24, 2.45) is 0 Å². The first-order chi connectivity index (χ1) is 25.6. The number of para-hydroxylation sites is 1. The van der Waals surface area contributed by atoms with Gasteiger partial charge in [-0.2, -0.15) is 4.98 Å². The lowest BCUT2D eigenvalue weighted by Crippen LogP contribution is -2.30. The van der Waals surface area contributed by atoms with E-state index >= 15 is 0 Å². The fourth-order valence-electron chi connectivity index (χ4n) is 4.95. The molecule has 1 amide bonds. The summed E-state index contributed by atoms with van der Waals surface area (Å²) in [6.07, 6.45) is 1.89. The molecule has 0 bridgehead atoms. The van der Waals surface area contributed by atoms with Crippen LogP contribution >= 0.6 is 11.6 Å². The van der Waals surface area contributed by atoms with Gasteiger partial charge in [-0.15, -0.1) is 0 Å². The lowest BCUT2D eigenvalue weighted by atomic mass is 10.1. The molecule has 6 rings (SSSR count). The van der Waals surface area contributed by atoms with Crippen LogP contribution in [0.4, 0.5) is 23.1 Å². The second-order valence-electron chi connectivity index (χ2n) is 11.2. The van der Waals surface area contributed by atoms with Crippen LogP contribution in [0.25, 0.3) is 0 Å². The maximum absolute atomic E-state index is 13.0. The van der Waals surface area contributed by atoms with E-state index in [1.54, 1.807) is 85.9 Å². The van der Waals surface area contributed by atoms with Crippen LogP contribution in [0.3, 0.4) is 0 Å². The first kappa shape index (κ1) is 36.3. The largest absolute Gasteiger partial charge is 0.465 e. The summed E-state index contributed by atoms with van der Waals surface area (Å²) in [5.74, 6) is -0.402. The molecule has 53 heavy (non-hydrogen) atoms. The van der Waals surface area contributed by atoms with E-state index in [4.69, 9.17) is 21.1 Å². The second kappa shape index (κ2) is 16.2. The molecule has 17 heteroatoms. The molecule has 270 valence electrons. The van der Waals surface area contributed by atoms with Gasteiger partial charge in [-0.25, -0.2) is 13.4 Å². The Morgan fingerprint density at radius 1 is 0.906 bits per heavy atom. The molecule has 15 nitrogen and oxygen atoms in total. The fourth-order valence-corrected chi connectivity index (χ4v) is 6.37. The number of carbonyl (C=O) groups excluding carboxylic acids is 2. The number of halogens is 1. The zero-order chi connectivity index (χ0) is 37.4. The van der Waals surface area contributed by atoms with E-state index in [1.807, 2.05) is 0 Å². The number of amides is 1. The third kappa shape index (κ3) is 8.87. The minimum Gasteiger partial charge on any atom is -0.465 e. The topological polar surface area (TPSA) is 202 Å². The van der Waals surface area contributed by atoms with Gasteiger partial charge in [0.05, 0.1) is 40.5 Å². The van der Waals surface area contributed by atoms with Gasteiger partial charge >= 0.3 is 16.9 Å². The zero-order valence-corrected chi connectivity index (χ0v) is 29.4. The van der Waals surface area contributed by atoms with Crippen molar-refractivity contribution in [2.75, 3.05) is 24.3 Å². The lowest BCUT2D eigenvalue weighted by molar-refractivity contribution is -0.832. The molecule has 0 saturated carbocycles. The third-order valence-electron chi connectivity index (χ3n) is 7.60. The quantitative estimate of drug-likeness (QED) is 0.0923. The summed E-state index contributed by atoms with van der Waals surface area (Å²) >= 11 is 6.33. The highest BCUT2D eigenvalue weighted by atomic mass is 35.5. The number of anilines is 4. The van der Waals surface area contributed by atoms with Gasteiger partial charge in [0.1, 0.15) is 10.8 Å². The molecule has 0 radical (unpaired) electrons. The second-order valence-corrected chi connectivity index (χ2v) is 13.5. The van der Waals surface area contributed by atoms with Crippen molar-refractivity contribution in [2.45, 2.75) is 22.8 Å². The molecule has 0 aliphatic rings. The van der Waals surface area contributed by atoms with Gasteiger partial charge in [0, 0.05) is 19.2 Å². The summed E-state index contributed by atoms with van der Waals surface area (Å²) in [5.41, 5.74) is 3.16. The molecular formula is C36H30ClN7O8S. The molecule has 0 atom stereocenters. The molecule has 6 aromatic rings. The molecular weight excluding hydrogens is 726 g/mol. The number of nitrogens with one attached hydrogen (secondary N) is 3. The third-order valence-corrected chi connectivity index (χ3v) is 9.60. The van der Waals surface area contributed by atoms with E-state index < -0.39 is 26.7 Å². The number of rotatable bonds is 14. The molecule has 0 saturated heterocycles. The Balaban J connectivity index is 0.984. The van der Waals surface area contributed by atoms with Crippen molar-refractivity contribution in [3.63, 3.8) is 0 Å². The van der Waals surface area contributed by atoms with Crippen LogP contribution in [0.5, 0.6) is 11.6 Å². The summed E-state index contributed by atoms with van der Waals surface area (Å²) in [6, 6.07) is 28.0. The zero-order valence-electron chi connectivity index (χ0n) is 27.9. The number of hydrogen-bond acceptors (Lipinski definition) is 13. The number of esters is 1. The van der Waals surface area contributed by atoms with Crippen molar-refractivity contribution in [1.82, 2.24) is 20.4 Å². The number of carbonyl (C=O) groups is 2. The minimum absolute atomic E-state index is 0.0506. The van der Waals surface area contributed by atoms with Gasteiger partial charge in [-0.1, -0.05) is 66.2 Å². The Morgan fingerprint density at radius 3 is 2.34 bits per heavy atom. The highest BCUT2D eigenvalue weighted by Gasteiger charge is 2.36. The molecule has 2 aromatic heterocycles. The molecule has 0 unspecified atom stereocenters. The maximum Gasteiger partial charge on any atom is 0.420 e. The smallest absolute Gasteiger partial charge is 0.420 e. The van der Waals surface area contributed by atoms with Crippen molar-refractivity contribution < 1.29 is 37.0 Å². The van der Waals surface area contributed by atoms with Gasteiger partial charge in [0.2, 0.25) is 5.95 Å². The average molecular weight is 756 g/mol. The average Bonchev–Trinajstić information content (AvgIpc) is 3.54. The molecule has 0 spiro atoms. The number of aromatic nitrogens is 4. The Hall–Kier alpha value is -6.52. The van der Waals surface area contributed by atoms with Crippen LogP contribution in [0.1, 0.15) is 21.5 Å². The van der Waals surface area contributed by atoms with E-state index in [1.165, 1.54) is 30.5 Å². The maximum atomic E-state index is 13.0. The highest BCUT2D eigenvalue weighted by molar-refractivity contribution is 7.91. The van der Waals surface area contributed by atoms with Crippen LogP contribution in [0, 0.1) is 5.21 Å². The van der Waals surface area contributed by atoms with Crippen molar-refractivity contribution in [3.8, 4) is 11.6 Å². The van der Waals surface area contributed by atoms with Crippen molar-refractivity contribution in [1.29, 1.82) is 0 Å². The predicted molar refractivity (Wildman–Crippen MR) is 192 cm³/mol. The molecule has 4 aromatic carbocycles. The number of ether oxygens (including phenoxy) is 2. The van der Waals surface area contributed by atoms with Crippen molar-refractivity contribution >= 4 is 56.5 Å². The van der Waals surface area contributed by atoms with Gasteiger partial charge in [-0.05, 0) is 64.6 Å². The summed E-state index contributed by atoms with van der Waals surface area (Å²) in [5, 5.41) is 23.9. The Bertz CT molecular complexity index is 2340. The Kier molecular flexibility index (Phi) is 11.1. The summed E-state index contributed by atoms with van der Waals surface area (Å²) in [4.78, 5) is 33.1. The monoisotopic (exact) mass is 755 g/mol. The Labute approximate surface area is 308 Å². The lowest BCUT2D eigenvalue weighted by Gasteiger charge is -2.13. The summed E-state index contributed by atoms with van der Waals surface area (Å²) in [6.45, 7) is 0.121. The van der Waals surface area contributed by atoms with Gasteiger partial charge in [0.25, 0.3) is 15.7 Å². The summed E-state index contributed by atoms with van der Waals surface area (Å²) < 4.78 is 41.5. The SMILES string of the molecule is CNC(=O)c1ccccc1Nc1nc(Nc2ccc(CC(=O)OCCc3ccc(Oc4no[n+]([O-])c4S(=O)(=O)c4ccccc4)cc3)cc2)ncc1Cl. The minimum atomic E-state index is -4.26. The number of nitrogens with zero attached hydrogens (tertiary/aromatic N) is 4. The van der Waals surface area contributed by atoms with Gasteiger partial charge in [-0.3, -0.25) is 14.2 Å². The standard InChI is InChI=1S/C36H30ClN7O8S/c1-38-33(46)28-9-5-6-10-30(28)41-32-29(37)22-39-36(42-32)40-25-15-11-24(12-16-25)21-31(45)50-20-19-23-13-17-26(18-14-23)51-34-35(44(47)52-43-34)53(48,49)27-7-3-2-4-8-27/h2-18,22H,19-21H2,1H3,(H,38,46)(H2,39,40,41,42). The van der Waals surface area contributed by atoms with Gasteiger partial charge in [0.15, 0.2) is 5.82 Å². The first-order valence-corrected chi connectivity index (χ1v) is 17.8. The first-order valence-electron chi connectivity index (χ1n) is 15.9. The van der Waals surface area contributed by atoms with E-state index in [9.17, 15) is 23.2 Å². The van der Waals surface area contributed by atoms with E-state index in [2.05, 4.69) is 35.7 Å². The van der Waals surface area contributed by atoms with E-state index in [0.717, 1.165) is 11.1 Å². The Morgan fingerprint density at radius 2 is 1.60 bits per heavy atom.